The summed E-state index contributed by atoms with van der Waals surface area (Å²) in [5, 5.41) is 9.43. The standard InChI is InChI=1S/C12H14N4O/c1-9-8-11(16-15-9)14-12(17)6-5-10-4-2-3-7-13-10/h2-4,7-8H,5-6H2,1H3,(H2,14,15,16,17). The van der Waals surface area contributed by atoms with Gasteiger partial charge in [-0.2, -0.15) is 5.10 Å². The van der Waals surface area contributed by atoms with Gasteiger partial charge in [-0.15, -0.1) is 0 Å². The molecular formula is C12H14N4O. The lowest BCUT2D eigenvalue weighted by molar-refractivity contribution is -0.116. The molecule has 0 aliphatic heterocycles. The lowest BCUT2D eigenvalue weighted by Gasteiger charge is -2.01. The molecule has 0 aromatic carbocycles. The number of hydrogen-bond acceptors (Lipinski definition) is 3. The third kappa shape index (κ3) is 3.41. The molecule has 0 radical (unpaired) electrons. The lowest BCUT2D eigenvalue weighted by atomic mass is 10.2. The summed E-state index contributed by atoms with van der Waals surface area (Å²) in [6, 6.07) is 7.47. The maximum absolute atomic E-state index is 11.6. The Hall–Kier alpha value is -2.17. The van der Waals surface area contributed by atoms with Gasteiger partial charge in [0.25, 0.3) is 0 Å². The van der Waals surface area contributed by atoms with Gasteiger partial charge < -0.3 is 5.32 Å². The fraction of sp³-hybridized carbons (Fsp3) is 0.250. The van der Waals surface area contributed by atoms with Crippen LogP contribution in [-0.2, 0) is 11.2 Å². The van der Waals surface area contributed by atoms with Crippen molar-refractivity contribution in [1.82, 2.24) is 15.2 Å². The summed E-state index contributed by atoms with van der Waals surface area (Å²) in [6.45, 7) is 1.89. The molecule has 0 bridgehead atoms. The molecule has 88 valence electrons. The minimum absolute atomic E-state index is 0.0536. The number of H-pyrrole nitrogens is 1. The van der Waals surface area contributed by atoms with Gasteiger partial charge in [0.15, 0.2) is 5.82 Å². The van der Waals surface area contributed by atoms with Gasteiger partial charge in [0.1, 0.15) is 0 Å². The zero-order chi connectivity index (χ0) is 12.1. The number of amides is 1. The Bertz CT molecular complexity index is 492. The number of carbonyl (C=O) groups excluding carboxylic acids is 1. The van der Waals surface area contributed by atoms with E-state index in [2.05, 4.69) is 20.5 Å². The van der Waals surface area contributed by atoms with Gasteiger partial charge in [-0.1, -0.05) is 6.07 Å². The maximum atomic E-state index is 11.6. The zero-order valence-corrected chi connectivity index (χ0v) is 9.60. The van der Waals surface area contributed by atoms with Crippen LogP contribution in [0, 0.1) is 6.92 Å². The van der Waals surface area contributed by atoms with Crippen LogP contribution in [0.4, 0.5) is 5.82 Å². The van der Waals surface area contributed by atoms with Crippen molar-refractivity contribution in [3.05, 3.63) is 41.9 Å². The molecular weight excluding hydrogens is 216 g/mol. The molecule has 17 heavy (non-hydrogen) atoms. The van der Waals surface area contributed by atoms with E-state index in [-0.39, 0.29) is 5.91 Å². The van der Waals surface area contributed by atoms with Gasteiger partial charge >= 0.3 is 0 Å². The Morgan fingerprint density at radius 1 is 1.47 bits per heavy atom. The van der Waals surface area contributed by atoms with Crippen LogP contribution >= 0.6 is 0 Å². The van der Waals surface area contributed by atoms with Crippen LogP contribution in [0.1, 0.15) is 17.8 Å². The van der Waals surface area contributed by atoms with Crippen molar-refractivity contribution in [2.75, 3.05) is 5.32 Å². The SMILES string of the molecule is Cc1cc(NC(=O)CCc2ccccn2)n[nH]1. The molecule has 5 heteroatoms. The van der Waals surface area contributed by atoms with Crippen molar-refractivity contribution in [2.45, 2.75) is 19.8 Å². The molecule has 5 nitrogen and oxygen atoms in total. The molecule has 2 N–H and O–H groups in total. The molecule has 2 rings (SSSR count). The van der Waals surface area contributed by atoms with Crippen molar-refractivity contribution in [1.29, 1.82) is 0 Å². The Kier molecular flexibility index (Phi) is 3.49. The van der Waals surface area contributed by atoms with Crippen LogP contribution in [-0.4, -0.2) is 21.1 Å². The summed E-state index contributed by atoms with van der Waals surface area (Å²) in [7, 11) is 0. The highest BCUT2D eigenvalue weighted by molar-refractivity contribution is 5.89. The number of nitrogens with one attached hydrogen (secondary N) is 2. The quantitative estimate of drug-likeness (QED) is 0.839. The monoisotopic (exact) mass is 230 g/mol. The van der Waals surface area contributed by atoms with Crippen LogP contribution < -0.4 is 5.32 Å². The van der Waals surface area contributed by atoms with Crippen LogP contribution in [0.2, 0.25) is 0 Å². The summed E-state index contributed by atoms with van der Waals surface area (Å²) < 4.78 is 0. The van der Waals surface area contributed by atoms with Crippen molar-refractivity contribution in [3.63, 3.8) is 0 Å². The molecule has 0 saturated carbocycles. The Labute approximate surface area is 99.3 Å². The molecule has 0 spiro atoms. The highest BCUT2D eigenvalue weighted by atomic mass is 16.1. The summed E-state index contributed by atoms with van der Waals surface area (Å²) in [5.74, 6) is 0.510. The van der Waals surface area contributed by atoms with E-state index in [1.165, 1.54) is 0 Å². The van der Waals surface area contributed by atoms with Crippen molar-refractivity contribution in [3.8, 4) is 0 Å². The number of rotatable bonds is 4. The predicted molar refractivity (Wildman–Crippen MR) is 64.5 cm³/mol. The smallest absolute Gasteiger partial charge is 0.225 e. The number of aryl methyl sites for hydroxylation is 2. The average Bonchev–Trinajstić information content (AvgIpc) is 2.73. The van der Waals surface area contributed by atoms with E-state index in [1.54, 1.807) is 12.3 Å². The number of pyridine rings is 1. The second kappa shape index (κ2) is 5.25. The molecule has 1 amide bonds. The Morgan fingerprint density at radius 3 is 3.00 bits per heavy atom. The number of hydrogen-bond donors (Lipinski definition) is 2. The first-order chi connectivity index (χ1) is 8.24. The van der Waals surface area contributed by atoms with Gasteiger partial charge in [-0.05, 0) is 25.5 Å². The Balaban J connectivity index is 1.82. The van der Waals surface area contributed by atoms with Crippen molar-refractivity contribution >= 4 is 11.7 Å². The minimum Gasteiger partial charge on any atom is -0.309 e. The van der Waals surface area contributed by atoms with E-state index in [0.29, 0.717) is 18.7 Å². The number of nitrogens with zero attached hydrogens (tertiary/aromatic N) is 2. The normalized spacial score (nSPS) is 10.2. The third-order valence-electron chi connectivity index (χ3n) is 2.31. The van der Waals surface area contributed by atoms with Crippen molar-refractivity contribution < 1.29 is 4.79 Å². The first kappa shape index (κ1) is 11.3. The fourth-order valence-electron chi connectivity index (χ4n) is 1.48. The van der Waals surface area contributed by atoms with Gasteiger partial charge in [0, 0.05) is 30.1 Å². The molecule has 0 fully saturated rings. The second-order valence-corrected chi connectivity index (χ2v) is 3.81. The van der Waals surface area contributed by atoms with E-state index < -0.39 is 0 Å². The fourth-order valence-corrected chi connectivity index (χ4v) is 1.48. The number of aromatic nitrogens is 3. The van der Waals surface area contributed by atoms with E-state index in [1.807, 2.05) is 25.1 Å². The molecule has 0 saturated heterocycles. The van der Waals surface area contributed by atoms with E-state index in [9.17, 15) is 4.79 Å². The number of anilines is 1. The third-order valence-corrected chi connectivity index (χ3v) is 2.31. The van der Waals surface area contributed by atoms with Gasteiger partial charge in [0.2, 0.25) is 5.91 Å². The van der Waals surface area contributed by atoms with Gasteiger partial charge in [-0.25, -0.2) is 0 Å². The first-order valence-corrected chi connectivity index (χ1v) is 5.46. The minimum atomic E-state index is -0.0536. The average molecular weight is 230 g/mol. The first-order valence-electron chi connectivity index (χ1n) is 5.46. The predicted octanol–water partition coefficient (Wildman–Crippen LogP) is 1.68. The summed E-state index contributed by atoms with van der Waals surface area (Å²) >= 11 is 0. The van der Waals surface area contributed by atoms with Crippen LogP contribution in [0.15, 0.2) is 30.5 Å². The summed E-state index contributed by atoms with van der Waals surface area (Å²) in [5.41, 5.74) is 1.84. The molecule has 2 heterocycles. The van der Waals surface area contributed by atoms with Crippen LogP contribution in [0.5, 0.6) is 0 Å². The summed E-state index contributed by atoms with van der Waals surface area (Å²) in [4.78, 5) is 15.8. The van der Waals surface area contributed by atoms with Crippen molar-refractivity contribution in [2.24, 2.45) is 0 Å². The van der Waals surface area contributed by atoms with Crippen LogP contribution in [0.25, 0.3) is 0 Å². The highest BCUT2D eigenvalue weighted by Crippen LogP contribution is 2.05. The molecule has 0 atom stereocenters. The molecule has 0 aliphatic carbocycles. The Morgan fingerprint density at radius 2 is 2.35 bits per heavy atom. The molecule has 0 aliphatic rings. The van der Waals surface area contributed by atoms with E-state index in [0.717, 1.165) is 11.4 Å². The van der Waals surface area contributed by atoms with Gasteiger partial charge in [0.05, 0.1) is 0 Å². The van der Waals surface area contributed by atoms with Crippen LogP contribution in [0.3, 0.4) is 0 Å². The maximum Gasteiger partial charge on any atom is 0.225 e. The summed E-state index contributed by atoms with van der Waals surface area (Å²) in [6.07, 6.45) is 2.77. The number of carbonyl (C=O) groups is 1. The van der Waals surface area contributed by atoms with Gasteiger partial charge in [-0.3, -0.25) is 14.9 Å². The topological polar surface area (TPSA) is 70.7 Å². The largest absolute Gasteiger partial charge is 0.309 e. The number of aromatic amines is 1. The lowest BCUT2D eigenvalue weighted by Crippen LogP contribution is -2.12. The molecule has 2 aromatic rings. The molecule has 2 aromatic heterocycles. The van der Waals surface area contributed by atoms with E-state index in [4.69, 9.17) is 0 Å². The second-order valence-electron chi connectivity index (χ2n) is 3.81. The highest BCUT2D eigenvalue weighted by Gasteiger charge is 2.05. The van der Waals surface area contributed by atoms with E-state index >= 15 is 0 Å². The zero-order valence-electron chi connectivity index (χ0n) is 9.60. The molecule has 0 unspecified atom stereocenters.